The number of esters is 3. The van der Waals surface area contributed by atoms with Gasteiger partial charge in [-0.15, -0.1) is 0 Å². The van der Waals surface area contributed by atoms with Crippen molar-refractivity contribution in [2.75, 3.05) is 13.2 Å². The summed E-state index contributed by atoms with van der Waals surface area (Å²) < 4.78 is 28.4. The number of ether oxygens (including phenoxy) is 5. The van der Waals surface area contributed by atoms with Crippen LogP contribution < -0.4 is 0 Å². The summed E-state index contributed by atoms with van der Waals surface area (Å²) >= 11 is 0. The molecule has 6 unspecified atom stereocenters. The SMILES string of the molecule is CC/C=C\C/C=C\C/C=C\C/C=C\CCC(=O)OC(COC(=O)CCCCCCCC/C=C\C/C=C\C/C=C\CCCCC)COC1OC(C(=O)O)C(O)C(O)C1OC(=O)CCCCCCCC/C=C\C/C=C\C/C=C\CCCCC. The summed E-state index contributed by atoms with van der Waals surface area (Å²) in [5.41, 5.74) is 0. The second-order valence-corrected chi connectivity index (χ2v) is 20.9. The highest BCUT2D eigenvalue weighted by molar-refractivity contribution is 5.74. The first-order valence-electron chi connectivity index (χ1n) is 31.5. The Hall–Kier alpha value is -4.88. The lowest BCUT2D eigenvalue weighted by Gasteiger charge is -2.40. The molecule has 12 nitrogen and oxygen atoms in total. The first-order chi connectivity index (χ1) is 39.6. The second kappa shape index (κ2) is 55.6. The summed E-state index contributed by atoms with van der Waals surface area (Å²) in [4.78, 5) is 51.2. The summed E-state index contributed by atoms with van der Waals surface area (Å²) in [6.07, 6.45) is 64.6. The predicted molar refractivity (Wildman–Crippen MR) is 330 cm³/mol. The van der Waals surface area contributed by atoms with Gasteiger partial charge < -0.3 is 39.0 Å². The molecule has 0 saturated carbocycles. The number of carbonyl (C=O) groups excluding carboxylic acids is 3. The fraction of sp³-hybridized carbons (Fsp3) is 0.652. The van der Waals surface area contributed by atoms with Crippen LogP contribution in [0.4, 0.5) is 0 Å². The summed E-state index contributed by atoms with van der Waals surface area (Å²) in [6, 6.07) is 0. The van der Waals surface area contributed by atoms with Crippen LogP contribution in [0.1, 0.15) is 239 Å². The lowest BCUT2D eigenvalue weighted by atomic mass is 9.98. The molecule has 1 aliphatic rings. The molecule has 6 atom stereocenters. The topological polar surface area (TPSA) is 175 Å². The number of hydrogen-bond donors (Lipinski definition) is 3. The van der Waals surface area contributed by atoms with Gasteiger partial charge in [0, 0.05) is 19.3 Å². The molecule has 0 aromatic rings. The van der Waals surface area contributed by atoms with E-state index < -0.39 is 67.3 Å². The van der Waals surface area contributed by atoms with Gasteiger partial charge in [-0.1, -0.05) is 219 Å². The van der Waals surface area contributed by atoms with Crippen LogP contribution in [0.5, 0.6) is 0 Å². The van der Waals surface area contributed by atoms with Crippen LogP contribution in [0, 0.1) is 0 Å². The lowest BCUT2D eigenvalue weighted by molar-refractivity contribution is -0.301. The van der Waals surface area contributed by atoms with Gasteiger partial charge >= 0.3 is 23.9 Å². The molecule has 0 aromatic carbocycles. The van der Waals surface area contributed by atoms with Crippen LogP contribution in [0.2, 0.25) is 0 Å². The molecular formula is C69H110O12. The van der Waals surface area contributed by atoms with Gasteiger partial charge in [-0.25, -0.2) is 4.79 Å². The van der Waals surface area contributed by atoms with E-state index in [1.807, 2.05) is 12.2 Å². The average molecular weight is 1130 g/mol. The van der Waals surface area contributed by atoms with Gasteiger partial charge in [-0.05, 0) is 122 Å². The van der Waals surface area contributed by atoms with E-state index in [0.717, 1.165) is 128 Å². The number of unbranched alkanes of at least 4 members (excludes halogenated alkanes) is 18. The van der Waals surface area contributed by atoms with E-state index in [4.69, 9.17) is 23.7 Å². The maximum absolute atomic E-state index is 13.1. The molecule has 0 radical (unpaired) electrons. The molecule has 81 heavy (non-hydrogen) atoms. The molecule has 0 spiro atoms. The zero-order chi connectivity index (χ0) is 58.9. The van der Waals surface area contributed by atoms with Crippen molar-refractivity contribution in [3.8, 4) is 0 Å². The van der Waals surface area contributed by atoms with E-state index in [9.17, 15) is 34.5 Å². The van der Waals surface area contributed by atoms with Crippen molar-refractivity contribution in [3.05, 3.63) is 122 Å². The van der Waals surface area contributed by atoms with Crippen molar-refractivity contribution in [1.29, 1.82) is 0 Å². The van der Waals surface area contributed by atoms with Gasteiger partial charge in [-0.2, -0.15) is 0 Å². The third-order valence-electron chi connectivity index (χ3n) is 13.5. The first kappa shape index (κ1) is 74.1. The molecule has 458 valence electrons. The number of rotatable bonds is 52. The van der Waals surface area contributed by atoms with Crippen LogP contribution in [-0.4, -0.2) is 89.2 Å². The monoisotopic (exact) mass is 1130 g/mol. The molecule has 0 bridgehead atoms. The highest BCUT2D eigenvalue weighted by Gasteiger charge is 2.50. The highest BCUT2D eigenvalue weighted by atomic mass is 16.7. The number of carboxylic acid groups (broad SMARTS) is 1. The molecule has 0 aromatic heterocycles. The molecule has 1 aliphatic heterocycles. The molecule has 1 rings (SSSR count). The van der Waals surface area contributed by atoms with Gasteiger partial charge in [-0.3, -0.25) is 14.4 Å². The molecule has 12 heteroatoms. The van der Waals surface area contributed by atoms with Crippen LogP contribution >= 0.6 is 0 Å². The first-order valence-corrected chi connectivity index (χ1v) is 31.5. The van der Waals surface area contributed by atoms with Crippen molar-refractivity contribution >= 4 is 23.9 Å². The van der Waals surface area contributed by atoms with Crippen molar-refractivity contribution < 1.29 is 58.2 Å². The zero-order valence-corrected chi connectivity index (χ0v) is 50.5. The van der Waals surface area contributed by atoms with E-state index in [1.165, 1.54) is 44.9 Å². The fourth-order valence-corrected chi connectivity index (χ4v) is 8.69. The summed E-state index contributed by atoms with van der Waals surface area (Å²) in [6.45, 7) is 5.74. The van der Waals surface area contributed by atoms with E-state index in [-0.39, 0.29) is 25.9 Å². The molecule has 1 fully saturated rings. The average Bonchev–Trinajstić information content (AvgIpc) is 3.54. The Labute approximate surface area is 490 Å². The van der Waals surface area contributed by atoms with E-state index in [2.05, 4.69) is 130 Å². The smallest absolute Gasteiger partial charge is 0.335 e. The third kappa shape index (κ3) is 45.3. The number of aliphatic hydroxyl groups is 2. The van der Waals surface area contributed by atoms with Crippen molar-refractivity contribution in [3.63, 3.8) is 0 Å². The quantitative estimate of drug-likeness (QED) is 0.0228. The Balaban J connectivity index is 2.70. The number of aliphatic hydroxyl groups excluding tert-OH is 2. The Morgan fingerprint density at radius 3 is 1.23 bits per heavy atom. The minimum atomic E-state index is -1.93. The van der Waals surface area contributed by atoms with Crippen LogP contribution in [0.3, 0.4) is 0 Å². The lowest BCUT2D eigenvalue weighted by Crippen LogP contribution is -2.61. The molecule has 3 N–H and O–H groups in total. The highest BCUT2D eigenvalue weighted by Crippen LogP contribution is 2.26. The Kier molecular flexibility index (Phi) is 50.9. The molecule has 1 heterocycles. The van der Waals surface area contributed by atoms with Crippen LogP contribution in [-0.2, 0) is 42.9 Å². The van der Waals surface area contributed by atoms with Gasteiger partial charge in [0.1, 0.15) is 18.8 Å². The van der Waals surface area contributed by atoms with Gasteiger partial charge in [0.25, 0.3) is 0 Å². The second-order valence-electron chi connectivity index (χ2n) is 20.9. The molecule has 0 amide bonds. The Morgan fingerprint density at radius 1 is 0.420 bits per heavy atom. The maximum atomic E-state index is 13.1. The fourth-order valence-electron chi connectivity index (χ4n) is 8.69. The summed E-state index contributed by atoms with van der Waals surface area (Å²) in [7, 11) is 0. The Bertz CT molecular complexity index is 1870. The number of hydrogen-bond acceptors (Lipinski definition) is 11. The normalized spacial score (nSPS) is 18.6. The minimum absolute atomic E-state index is 0.0304. The van der Waals surface area contributed by atoms with Crippen LogP contribution in [0.15, 0.2) is 122 Å². The van der Waals surface area contributed by atoms with Crippen molar-refractivity contribution in [2.45, 2.75) is 276 Å². The standard InChI is InChI=1S/C69H110O12/c1-4-7-10-13-16-19-22-25-27-29-31-33-35-38-40-43-46-49-52-55-61(70)77-58-60(79-62(71)56-53-50-47-44-41-37-24-21-18-15-12-9-6-3)59-78-69-67(65(74)64(73)66(81-69)68(75)76)80-63(72)57-54-51-48-45-42-39-36-34-32-30-28-26-23-20-17-14-11-8-5-2/h9,12,16-21,25-28,31-34,37,41,47,50,60,64-67,69,73-74H,4-8,10-11,13-15,22-24,29-30,35-36,38-40,42-46,48-49,51-59H2,1-3H3,(H,75,76)/b12-9-,19-16-,20-17-,21-18-,27-25-,28-26-,33-31-,34-32-,41-37-,50-47-. The van der Waals surface area contributed by atoms with Crippen LogP contribution in [0.25, 0.3) is 0 Å². The van der Waals surface area contributed by atoms with Gasteiger partial charge in [0.2, 0.25) is 0 Å². The largest absolute Gasteiger partial charge is 0.479 e. The number of aliphatic carboxylic acids is 1. The van der Waals surface area contributed by atoms with E-state index in [1.54, 1.807) is 0 Å². The third-order valence-corrected chi connectivity index (χ3v) is 13.5. The van der Waals surface area contributed by atoms with E-state index >= 15 is 0 Å². The van der Waals surface area contributed by atoms with E-state index in [0.29, 0.717) is 25.7 Å². The van der Waals surface area contributed by atoms with Gasteiger partial charge in [0.05, 0.1) is 6.61 Å². The number of carboxylic acids is 1. The van der Waals surface area contributed by atoms with Gasteiger partial charge in [0.15, 0.2) is 24.6 Å². The summed E-state index contributed by atoms with van der Waals surface area (Å²) in [5, 5.41) is 31.5. The summed E-state index contributed by atoms with van der Waals surface area (Å²) in [5.74, 6) is -3.28. The van der Waals surface area contributed by atoms with Crippen molar-refractivity contribution in [1.82, 2.24) is 0 Å². The molecule has 1 saturated heterocycles. The molecular weight excluding hydrogens is 1020 g/mol. The number of allylic oxidation sites excluding steroid dienone is 20. The Morgan fingerprint density at radius 2 is 0.802 bits per heavy atom. The molecule has 0 aliphatic carbocycles. The zero-order valence-electron chi connectivity index (χ0n) is 50.5. The minimum Gasteiger partial charge on any atom is -0.479 e. The number of carbonyl (C=O) groups is 4. The maximum Gasteiger partial charge on any atom is 0.335 e. The predicted octanol–water partition coefficient (Wildman–Crippen LogP) is 16.8. The van der Waals surface area contributed by atoms with Crippen molar-refractivity contribution in [2.24, 2.45) is 0 Å².